The standard InChI is InChI=1S/C6H4N2OS/c1-2-7-3-5-4-8-9-10-6(1)5/h1-4H. The molecule has 1 aliphatic rings. The molecule has 0 fully saturated rings. The summed E-state index contributed by atoms with van der Waals surface area (Å²) < 4.78 is 4.75. The molecule has 1 aliphatic heterocycles. The van der Waals surface area contributed by atoms with E-state index in [0.717, 1.165) is 10.5 Å². The molecule has 0 aliphatic carbocycles. The van der Waals surface area contributed by atoms with Crippen LogP contribution in [0, 0.1) is 0 Å². The predicted octanol–water partition coefficient (Wildman–Crippen LogP) is 1.45. The lowest BCUT2D eigenvalue weighted by atomic mass is 10.3. The molecule has 1 aromatic rings. The van der Waals surface area contributed by atoms with Gasteiger partial charge in [-0.25, -0.2) is 0 Å². The van der Waals surface area contributed by atoms with E-state index in [0.29, 0.717) is 0 Å². The molecule has 0 saturated carbocycles. The molecule has 0 unspecified atom stereocenters. The number of oxime groups is 1. The Kier molecular flexibility index (Phi) is 1.32. The van der Waals surface area contributed by atoms with Crippen molar-refractivity contribution in [2.75, 3.05) is 0 Å². The van der Waals surface area contributed by atoms with Crippen LogP contribution in [0.4, 0.5) is 0 Å². The molecule has 0 amide bonds. The normalized spacial score (nSPS) is 14.0. The first-order valence-electron chi connectivity index (χ1n) is 2.78. The van der Waals surface area contributed by atoms with Gasteiger partial charge in [0.25, 0.3) is 0 Å². The molecule has 0 atom stereocenters. The quantitative estimate of drug-likeness (QED) is 0.528. The van der Waals surface area contributed by atoms with E-state index >= 15 is 0 Å². The smallest absolute Gasteiger partial charge is 0.125 e. The van der Waals surface area contributed by atoms with Gasteiger partial charge in [-0.2, -0.15) is 0 Å². The largest absolute Gasteiger partial charge is 0.317 e. The Balaban J connectivity index is 2.54. The van der Waals surface area contributed by atoms with Gasteiger partial charge in [-0.15, -0.1) is 0 Å². The van der Waals surface area contributed by atoms with Gasteiger partial charge in [0.05, 0.1) is 11.1 Å². The number of nitrogens with zero attached hydrogens (tertiary/aromatic N) is 2. The highest BCUT2D eigenvalue weighted by molar-refractivity contribution is 7.94. The van der Waals surface area contributed by atoms with Gasteiger partial charge in [-0.3, -0.25) is 4.98 Å². The Morgan fingerprint density at radius 2 is 2.50 bits per heavy atom. The van der Waals surface area contributed by atoms with Crippen LogP contribution in [0.25, 0.3) is 0 Å². The van der Waals surface area contributed by atoms with E-state index in [9.17, 15) is 0 Å². The zero-order chi connectivity index (χ0) is 6.81. The number of aromatic nitrogens is 1. The van der Waals surface area contributed by atoms with Crippen LogP contribution in [0.15, 0.2) is 28.5 Å². The summed E-state index contributed by atoms with van der Waals surface area (Å²) in [5, 5.41) is 3.62. The minimum absolute atomic E-state index is 1.01. The van der Waals surface area contributed by atoms with Gasteiger partial charge in [0.15, 0.2) is 0 Å². The molecule has 0 saturated heterocycles. The second-order valence-corrected chi connectivity index (χ2v) is 2.56. The van der Waals surface area contributed by atoms with Gasteiger partial charge in [0.2, 0.25) is 0 Å². The monoisotopic (exact) mass is 152 g/mol. The minimum Gasteiger partial charge on any atom is -0.317 e. The summed E-state index contributed by atoms with van der Waals surface area (Å²) in [5.41, 5.74) is 1.01. The van der Waals surface area contributed by atoms with Crippen molar-refractivity contribution in [2.45, 2.75) is 4.90 Å². The van der Waals surface area contributed by atoms with E-state index in [4.69, 9.17) is 4.28 Å². The highest BCUT2D eigenvalue weighted by atomic mass is 32.2. The summed E-state index contributed by atoms with van der Waals surface area (Å²) in [6.45, 7) is 0. The van der Waals surface area contributed by atoms with Crippen molar-refractivity contribution in [2.24, 2.45) is 5.16 Å². The van der Waals surface area contributed by atoms with E-state index in [2.05, 4.69) is 10.1 Å². The summed E-state index contributed by atoms with van der Waals surface area (Å²) in [4.78, 5) is 5.00. The second-order valence-electron chi connectivity index (χ2n) is 1.81. The predicted molar refractivity (Wildman–Crippen MR) is 38.8 cm³/mol. The van der Waals surface area contributed by atoms with Crippen molar-refractivity contribution in [3.05, 3.63) is 24.0 Å². The van der Waals surface area contributed by atoms with E-state index in [1.807, 2.05) is 6.07 Å². The Morgan fingerprint density at radius 3 is 3.40 bits per heavy atom. The zero-order valence-electron chi connectivity index (χ0n) is 5.02. The summed E-state index contributed by atoms with van der Waals surface area (Å²) in [5.74, 6) is 0. The number of hydrogen-bond acceptors (Lipinski definition) is 4. The third-order valence-corrected chi connectivity index (χ3v) is 1.88. The molecule has 4 heteroatoms. The van der Waals surface area contributed by atoms with Gasteiger partial charge < -0.3 is 4.28 Å². The zero-order valence-corrected chi connectivity index (χ0v) is 5.84. The maximum Gasteiger partial charge on any atom is 0.125 e. The van der Waals surface area contributed by atoms with Crippen LogP contribution in [0.1, 0.15) is 5.56 Å². The topological polar surface area (TPSA) is 34.5 Å². The molecule has 50 valence electrons. The Hall–Kier alpha value is -1.03. The van der Waals surface area contributed by atoms with Gasteiger partial charge in [-0.1, -0.05) is 5.16 Å². The average molecular weight is 152 g/mol. The van der Waals surface area contributed by atoms with Crippen LogP contribution in [0.5, 0.6) is 0 Å². The molecule has 3 nitrogen and oxygen atoms in total. The molecule has 0 bridgehead atoms. The SMILES string of the molecule is C1=NOSc2ccncc21. The van der Waals surface area contributed by atoms with Crippen LogP contribution in [-0.2, 0) is 4.28 Å². The molecular weight excluding hydrogens is 148 g/mol. The first-order chi connectivity index (χ1) is 4.97. The fourth-order valence-electron chi connectivity index (χ4n) is 0.707. The maximum atomic E-state index is 4.75. The third kappa shape index (κ3) is 0.863. The van der Waals surface area contributed by atoms with Crippen molar-refractivity contribution in [3.8, 4) is 0 Å². The third-order valence-electron chi connectivity index (χ3n) is 1.17. The highest BCUT2D eigenvalue weighted by Gasteiger charge is 2.05. The number of rotatable bonds is 0. The average Bonchev–Trinajstić information content (AvgIpc) is 2.05. The van der Waals surface area contributed by atoms with Crippen LogP contribution >= 0.6 is 12.0 Å². The lowest BCUT2D eigenvalue weighted by Crippen LogP contribution is -1.91. The van der Waals surface area contributed by atoms with Crippen molar-refractivity contribution < 1.29 is 4.28 Å². The van der Waals surface area contributed by atoms with Gasteiger partial charge in [0.1, 0.15) is 12.0 Å². The van der Waals surface area contributed by atoms with Gasteiger partial charge in [-0.05, 0) is 6.07 Å². The van der Waals surface area contributed by atoms with Crippen molar-refractivity contribution >= 4 is 18.3 Å². The summed E-state index contributed by atoms with van der Waals surface area (Å²) in [7, 11) is 0. The number of pyridine rings is 1. The van der Waals surface area contributed by atoms with E-state index in [1.54, 1.807) is 18.6 Å². The Labute approximate surface area is 62.3 Å². The second kappa shape index (κ2) is 2.30. The van der Waals surface area contributed by atoms with Crippen LogP contribution in [-0.4, -0.2) is 11.2 Å². The fourth-order valence-corrected chi connectivity index (χ4v) is 1.19. The molecule has 0 aromatic carbocycles. The molecule has 0 spiro atoms. The van der Waals surface area contributed by atoms with E-state index < -0.39 is 0 Å². The molecular formula is C6H4N2OS. The summed E-state index contributed by atoms with van der Waals surface area (Å²) >= 11 is 1.25. The van der Waals surface area contributed by atoms with Gasteiger partial charge in [0, 0.05) is 18.0 Å². The Bertz CT molecular complexity index is 274. The van der Waals surface area contributed by atoms with Crippen molar-refractivity contribution in [3.63, 3.8) is 0 Å². The van der Waals surface area contributed by atoms with Gasteiger partial charge >= 0.3 is 0 Å². The molecule has 0 radical (unpaired) electrons. The molecule has 2 heterocycles. The first-order valence-corrected chi connectivity index (χ1v) is 3.52. The molecule has 2 rings (SSSR count). The van der Waals surface area contributed by atoms with E-state index in [1.165, 1.54) is 12.0 Å². The highest BCUT2D eigenvalue weighted by Crippen LogP contribution is 2.24. The summed E-state index contributed by atoms with van der Waals surface area (Å²) in [6.07, 6.45) is 5.14. The van der Waals surface area contributed by atoms with Crippen LogP contribution in [0.2, 0.25) is 0 Å². The number of hydrogen-bond donors (Lipinski definition) is 0. The summed E-state index contributed by atoms with van der Waals surface area (Å²) in [6, 6.07) is 1.89. The van der Waals surface area contributed by atoms with Crippen molar-refractivity contribution in [1.29, 1.82) is 0 Å². The van der Waals surface area contributed by atoms with E-state index in [-0.39, 0.29) is 0 Å². The minimum atomic E-state index is 1.01. The fraction of sp³-hybridized carbons (Fsp3) is 0. The molecule has 1 aromatic heterocycles. The lowest BCUT2D eigenvalue weighted by Gasteiger charge is -2.04. The maximum absolute atomic E-state index is 4.75. The first kappa shape index (κ1) is 5.73. The Morgan fingerprint density at radius 1 is 1.50 bits per heavy atom. The lowest BCUT2D eigenvalue weighted by molar-refractivity contribution is 0.405. The molecule has 0 N–H and O–H groups in total. The van der Waals surface area contributed by atoms with Crippen LogP contribution in [0.3, 0.4) is 0 Å². The number of fused-ring (bicyclic) bond motifs is 1. The van der Waals surface area contributed by atoms with Crippen molar-refractivity contribution in [1.82, 2.24) is 4.98 Å². The van der Waals surface area contributed by atoms with Crippen LogP contribution < -0.4 is 0 Å². The molecule has 10 heavy (non-hydrogen) atoms.